The van der Waals surface area contributed by atoms with Crippen LogP contribution in [-0.4, -0.2) is 48.6 Å². The lowest BCUT2D eigenvalue weighted by Gasteiger charge is -2.60. The van der Waals surface area contributed by atoms with E-state index in [1.807, 2.05) is 24.3 Å². The quantitative estimate of drug-likeness (QED) is 0.455. The van der Waals surface area contributed by atoms with Gasteiger partial charge in [0.1, 0.15) is 0 Å². The SMILES string of the molecule is C[C@@H](OC(=O)CC12C[C@@H]3C[C@H](CC(Br)(C3)C1)C2)C(=O)Nc1ccc(N2CCOCC2)cc1. The Balaban J connectivity index is 1.13. The van der Waals surface area contributed by atoms with Crippen molar-refractivity contribution in [1.29, 1.82) is 0 Å². The number of nitrogens with zero attached hydrogens (tertiary/aromatic N) is 1. The summed E-state index contributed by atoms with van der Waals surface area (Å²) in [6.07, 6.45) is 6.72. The highest BCUT2D eigenvalue weighted by molar-refractivity contribution is 9.10. The number of rotatable bonds is 6. The molecule has 1 saturated heterocycles. The number of halogens is 1. The van der Waals surface area contributed by atoms with Gasteiger partial charge in [0.15, 0.2) is 6.10 Å². The van der Waals surface area contributed by atoms with Crippen molar-refractivity contribution in [3.63, 3.8) is 0 Å². The number of nitrogens with one attached hydrogen (secondary N) is 1. The number of anilines is 2. The molecular formula is C25H33BrN2O4. The van der Waals surface area contributed by atoms with Crippen LogP contribution in [0.15, 0.2) is 24.3 Å². The summed E-state index contributed by atoms with van der Waals surface area (Å²) in [7, 11) is 0. The Kier molecular flexibility index (Phi) is 5.99. The molecule has 4 bridgehead atoms. The van der Waals surface area contributed by atoms with Gasteiger partial charge in [-0.25, -0.2) is 0 Å². The molecule has 0 spiro atoms. The maximum atomic E-state index is 12.8. The molecule has 5 fully saturated rings. The normalized spacial score (nSPS) is 34.2. The zero-order valence-electron chi connectivity index (χ0n) is 18.8. The van der Waals surface area contributed by atoms with E-state index in [-0.39, 0.29) is 21.6 Å². The number of benzene rings is 1. The van der Waals surface area contributed by atoms with Gasteiger partial charge in [0.05, 0.1) is 19.6 Å². The van der Waals surface area contributed by atoms with Crippen LogP contribution in [0, 0.1) is 17.3 Å². The third kappa shape index (κ3) is 4.69. The van der Waals surface area contributed by atoms with E-state index in [2.05, 4.69) is 26.1 Å². The summed E-state index contributed by atoms with van der Waals surface area (Å²) in [5.74, 6) is 0.919. The molecule has 4 saturated carbocycles. The van der Waals surface area contributed by atoms with Crippen LogP contribution in [0.3, 0.4) is 0 Å². The van der Waals surface area contributed by atoms with Crippen LogP contribution < -0.4 is 10.2 Å². The van der Waals surface area contributed by atoms with Crippen LogP contribution in [0.25, 0.3) is 0 Å². The standard InChI is InChI=1S/C25H33BrN2O4/c1-17(23(30)27-20-2-4-21(5-3-20)28-6-8-31-9-7-28)32-22(29)15-24-11-18-10-19(12-24)14-25(26,13-18)16-24/h2-5,17-19H,6-16H2,1H3,(H,27,30)/t17-,18+,19+,24?,25?/m1/s1. The molecule has 0 radical (unpaired) electrons. The van der Waals surface area contributed by atoms with Crippen LogP contribution in [0.4, 0.5) is 11.4 Å². The summed E-state index contributed by atoms with van der Waals surface area (Å²) in [4.78, 5) is 27.7. The summed E-state index contributed by atoms with van der Waals surface area (Å²) < 4.78 is 11.2. The van der Waals surface area contributed by atoms with Crippen molar-refractivity contribution in [2.24, 2.45) is 17.3 Å². The van der Waals surface area contributed by atoms with E-state index in [1.165, 1.54) is 19.3 Å². The lowest BCUT2D eigenvalue weighted by Crippen LogP contribution is -2.53. The first-order valence-corrected chi connectivity index (χ1v) is 12.7. The van der Waals surface area contributed by atoms with E-state index < -0.39 is 6.10 Å². The maximum Gasteiger partial charge on any atom is 0.307 e. The Morgan fingerprint density at radius 1 is 1.16 bits per heavy atom. The topological polar surface area (TPSA) is 67.9 Å². The number of ether oxygens (including phenoxy) is 2. The highest BCUT2D eigenvalue weighted by atomic mass is 79.9. The molecule has 174 valence electrons. The summed E-state index contributed by atoms with van der Waals surface area (Å²) in [5.41, 5.74) is 1.87. The van der Waals surface area contributed by atoms with Gasteiger partial charge in [-0.1, -0.05) is 15.9 Å². The number of hydrogen-bond acceptors (Lipinski definition) is 5. The number of carbonyl (C=O) groups excluding carboxylic acids is 2. The second-order valence-corrected chi connectivity index (χ2v) is 12.2. The summed E-state index contributed by atoms with van der Waals surface area (Å²) in [5, 5.41) is 2.88. The number of alkyl halides is 1. The van der Waals surface area contributed by atoms with Crippen molar-refractivity contribution in [2.45, 2.75) is 62.3 Å². The number of carbonyl (C=O) groups is 2. The molecule has 1 aromatic rings. The van der Waals surface area contributed by atoms with Gasteiger partial charge in [-0.3, -0.25) is 9.59 Å². The molecule has 7 heteroatoms. The third-order valence-corrected chi connectivity index (χ3v) is 8.75. The van der Waals surface area contributed by atoms with Gasteiger partial charge in [0, 0.05) is 28.8 Å². The van der Waals surface area contributed by atoms with Gasteiger partial charge >= 0.3 is 5.97 Å². The van der Waals surface area contributed by atoms with Gasteiger partial charge in [-0.2, -0.15) is 0 Å². The van der Waals surface area contributed by atoms with Gasteiger partial charge < -0.3 is 19.7 Å². The Morgan fingerprint density at radius 3 is 2.44 bits per heavy atom. The first-order valence-electron chi connectivity index (χ1n) is 11.9. The van der Waals surface area contributed by atoms with Crippen LogP contribution in [0.1, 0.15) is 51.9 Å². The van der Waals surface area contributed by atoms with Crippen LogP contribution in [0.2, 0.25) is 0 Å². The third-order valence-electron chi connectivity index (χ3n) is 7.82. The fourth-order valence-electron chi connectivity index (χ4n) is 6.96. The van der Waals surface area contributed by atoms with Crippen LogP contribution in [-0.2, 0) is 19.1 Å². The van der Waals surface area contributed by atoms with Crippen LogP contribution >= 0.6 is 15.9 Å². The Labute approximate surface area is 198 Å². The van der Waals surface area contributed by atoms with Crippen molar-refractivity contribution in [1.82, 2.24) is 0 Å². The fraction of sp³-hybridized carbons (Fsp3) is 0.680. The number of esters is 1. The van der Waals surface area contributed by atoms with Gasteiger partial charge in [-0.05, 0) is 87.0 Å². The minimum atomic E-state index is -0.812. The first-order chi connectivity index (χ1) is 15.3. The van der Waals surface area contributed by atoms with Crippen molar-refractivity contribution < 1.29 is 19.1 Å². The molecule has 6 rings (SSSR count). The molecule has 1 amide bonds. The number of hydrogen-bond donors (Lipinski definition) is 1. The molecule has 6 nitrogen and oxygen atoms in total. The monoisotopic (exact) mass is 504 g/mol. The summed E-state index contributed by atoms with van der Waals surface area (Å²) in [6.45, 7) is 4.87. The second kappa shape index (κ2) is 8.64. The molecule has 1 aliphatic heterocycles. The molecule has 1 heterocycles. The first kappa shape index (κ1) is 22.2. The zero-order chi connectivity index (χ0) is 22.3. The Bertz CT molecular complexity index is 853. The van der Waals surface area contributed by atoms with E-state index in [9.17, 15) is 9.59 Å². The molecule has 4 aliphatic carbocycles. The minimum Gasteiger partial charge on any atom is -0.453 e. The fourth-order valence-corrected chi connectivity index (χ4v) is 8.47. The molecule has 0 aromatic heterocycles. The van der Waals surface area contributed by atoms with Gasteiger partial charge in [-0.15, -0.1) is 0 Å². The number of amides is 1. The van der Waals surface area contributed by atoms with E-state index in [1.54, 1.807) is 6.92 Å². The molecule has 32 heavy (non-hydrogen) atoms. The maximum absolute atomic E-state index is 12.8. The van der Waals surface area contributed by atoms with Crippen molar-refractivity contribution >= 4 is 39.2 Å². The van der Waals surface area contributed by atoms with Crippen molar-refractivity contribution in [2.75, 3.05) is 36.5 Å². The Morgan fingerprint density at radius 2 is 1.81 bits per heavy atom. The number of morpholine rings is 1. The highest BCUT2D eigenvalue weighted by Gasteiger charge is 2.57. The van der Waals surface area contributed by atoms with Crippen molar-refractivity contribution in [3.8, 4) is 0 Å². The van der Waals surface area contributed by atoms with Crippen molar-refractivity contribution in [3.05, 3.63) is 24.3 Å². The lowest BCUT2D eigenvalue weighted by molar-refractivity contribution is -0.159. The molecule has 5 aliphatic rings. The smallest absolute Gasteiger partial charge is 0.307 e. The van der Waals surface area contributed by atoms with E-state index in [4.69, 9.17) is 9.47 Å². The molecular weight excluding hydrogens is 472 g/mol. The van der Waals surface area contributed by atoms with E-state index >= 15 is 0 Å². The minimum absolute atomic E-state index is 0.0518. The molecule has 1 aromatic carbocycles. The molecule has 3 atom stereocenters. The lowest BCUT2D eigenvalue weighted by atomic mass is 9.49. The van der Waals surface area contributed by atoms with E-state index in [0.717, 1.165) is 63.1 Å². The Hall–Kier alpha value is -1.60. The largest absolute Gasteiger partial charge is 0.453 e. The molecule has 0 unspecified atom stereocenters. The average Bonchev–Trinajstić information content (AvgIpc) is 2.72. The second-order valence-electron chi connectivity index (χ2n) is 10.6. The molecule has 1 N–H and O–H groups in total. The average molecular weight is 505 g/mol. The highest BCUT2D eigenvalue weighted by Crippen LogP contribution is 2.65. The van der Waals surface area contributed by atoms with Crippen LogP contribution in [0.5, 0.6) is 0 Å². The summed E-state index contributed by atoms with van der Waals surface area (Å²) in [6, 6.07) is 7.78. The predicted octanol–water partition coefficient (Wildman–Crippen LogP) is 4.52. The van der Waals surface area contributed by atoms with E-state index in [0.29, 0.717) is 12.1 Å². The van der Waals surface area contributed by atoms with Gasteiger partial charge in [0.25, 0.3) is 5.91 Å². The summed E-state index contributed by atoms with van der Waals surface area (Å²) >= 11 is 4.00. The van der Waals surface area contributed by atoms with Gasteiger partial charge in [0.2, 0.25) is 0 Å². The predicted molar refractivity (Wildman–Crippen MR) is 127 cm³/mol. The zero-order valence-corrected chi connectivity index (χ0v) is 20.4.